The molecule has 0 radical (unpaired) electrons. The average molecular weight is 287 g/mol. The Labute approximate surface area is 123 Å². The molecule has 0 amide bonds. The standard InChI is InChI=1S/C17H18FNO2/c18-17(16(20)21,12-11-14-7-3-1-4-8-14)19-13-15-9-5-2-6-10-15/h1-10,19H,11-13H2,(H,20,21). The van der Waals surface area contributed by atoms with Gasteiger partial charge in [-0.3, -0.25) is 5.32 Å². The third-order valence-electron chi connectivity index (χ3n) is 3.36. The quantitative estimate of drug-likeness (QED) is 0.769. The summed E-state index contributed by atoms with van der Waals surface area (Å²) >= 11 is 0. The van der Waals surface area contributed by atoms with Crippen molar-refractivity contribution in [2.75, 3.05) is 0 Å². The molecule has 2 N–H and O–H groups in total. The van der Waals surface area contributed by atoms with Crippen LogP contribution in [0.5, 0.6) is 0 Å². The van der Waals surface area contributed by atoms with Gasteiger partial charge in [-0.2, -0.15) is 0 Å². The van der Waals surface area contributed by atoms with Crippen LogP contribution in [-0.2, 0) is 17.8 Å². The van der Waals surface area contributed by atoms with Crippen LogP contribution in [0.15, 0.2) is 60.7 Å². The summed E-state index contributed by atoms with van der Waals surface area (Å²) < 4.78 is 14.6. The number of halogens is 1. The van der Waals surface area contributed by atoms with Gasteiger partial charge in [0.05, 0.1) is 0 Å². The molecule has 2 aromatic carbocycles. The van der Waals surface area contributed by atoms with Crippen LogP contribution in [0.25, 0.3) is 0 Å². The van der Waals surface area contributed by atoms with E-state index in [1.807, 2.05) is 60.7 Å². The van der Waals surface area contributed by atoms with Gasteiger partial charge in [-0.15, -0.1) is 0 Å². The van der Waals surface area contributed by atoms with Gasteiger partial charge in [0.2, 0.25) is 0 Å². The predicted molar refractivity (Wildman–Crippen MR) is 79.5 cm³/mol. The van der Waals surface area contributed by atoms with Crippen molar-refractivity contribution in [2.45, 2.75) is 25.2 Å². The van der Waals surface area contributed by atoms with Crippen LogP contribution in [-0.4, -0.2) is 16.9 Å². The summed E-state index contributed by atoms with van der Waals surface area (Å²) in [6.45, 7) is 0.179. The number of aliphatic carboxylic acids is 1. The van der Waals surface area contributed by atoms with Gasteiger partial charge < -0.3 is 5.11 Å². The fourth-order valence-electron chi connectivity index (χ4n) is 2.07. The Balaban J connectivity index is 1.97. The summed E-state index contributed by atoms with van der Waals surface area (Å²) in [5.41, 5.74) is 1.77. The van der Waals surface area contributed by atoms with Crippen LogP contribution in [0.3, 0.4) is 0 Å². The number of carbonyl (C=O) groups is 1. The number of benzene rings is 2. The van der Waals surface area contributed by atoms with Crippen molar-refractivity contribution in [2.24, 2.45) is 0 Å². The molecule has 0 saturated heterocycles. The molecular formula is C17H18FNO2. The second kappa shape index (κ2) is 6.99. The molecule has 1 atom stereocenters. The van der Waals surface area contributed by atoms with E-state index in [4.69, 9.17) is 5.11 Å². The summed E-state index contributed by atoms with van der Waals surface area (Å²) in [5.74, 6) is -3.90. The Morgan fingerprint density at radius 3 is 2.05 bits per heavy atom. The molecule has 0 fully saturated rings. The Morgan fingerprint density at radius 1 is 1.00 bits per heavy atom. The minimum atomic E-state index is -2.42. The van der Waals surface area contributed by atoms with Gasteiger partial charge in [-0.25, -0.2) is 9.18 Å². The monoisotopic (exact) mass is 287 g/mol. The number of rotatable bonds is 7. The van der Waals surface area contributed by atoms with Gasteiger partial charge in [-0.05, 0) is 17.5 Å². The molecule has 0 aliphatic carbocycles. The first-order chi connectivity index (χ1) is 10.1. The Hall–Kier alpha value is -2.20. The highest BCUT2D eigenvalue weighted by Crippen LogP contribution is 2.18. The van der Waals surface area contributed by atoms with Crippen molar-refractivity contribution in [3.63, 3.8) is 0 Å². The fourth-order valence-corrected chi connectivity index (χ4v) is 2.07. The smallest absolute Gasteiger partial charge is 0.356 e. The molecule has 21 heavy (non-hydrogen) atoms. The van der Waals surface area contributed by atoms with E-state index >= 15 is 0 Å². The lowest BCUT2D eigenvalue weighted by molar-refractivity contribution is -0.154. The molecular weight excluding hydrogens is 269 g/mol. The third kappa shape index (κ3) is 4.39. The predicted octanol–water partition coefficient (Wildman–Crippen LogP) is 3.16. The number of aryl methyl sites for hydroxylation is 1. The molecule has 0 spiro atoms. The molecule has 0 heterocycles. The second-order valence-corrected chi connectivity index (χ2v) is 4.93. The number of nitrogens with one attached hydrogen (secondary N) is 1. The van der Waals surface area contributed by atoms with Crippen LogP contribution < -0.4 is 5.32 Å². The number of carboxylic acid groups (broad SMARTS) is 1. The van der Waals surface area contributed by atoms with E-state index in [-0.39, 0.29) is 13.0 Å². The van der Waals surface area contributed by atoms with Gasteiger partial charge in [0, 0.05) is 13.0 Å². The summed E-state index contributed by atoms with van der Waals surface area (Å²) in [5, 5.41) is 11.7. The Kier molecular flexibility index (Phi) is 5.06. The molecule has 2 aromatic rings. The summed E-state index contributed by atoms with van der Waals surface area (Å²) in [4.78, 5) is 11.2. The molecule has 0 saturated carbocycles. The largest absolute Gasteiger partial charge is 0.478 e. The number of carboxylic acids is 1. The van der Waals surface area contributed by atoms with E-state index < -0.39 is 11.8 Å². The van der Waals surface area contributed by atoms with Crippen molar-refractivity contribution < 1.29 is 14.3 Å². The van der Waals surface area contributed by atoms with Gasteiger partial charge in [0.15, 0.2) is 0 Å². The van der Waals surface area contributed by atoms with Crippen molar-refractivity contribution in [3.8, 4) is 0 Å². The molecule has 0 aliphatic heterocycles. The van der Waals surface area contributed by atoms with Crippen LogP contribution in [0.1, 0.15) is 17.5 Å². The SMILES string of the molecule is O=C(O)C(F)(CCc1ccccc1)NCc1ccccc1. The molecule has 0 bridgehead atoms. The third-order valence-corrected chi connectivity index (χ3v) is 3.36. The first-order valence-corrected chi connectivity index (χ1v) is 6.85. The minimum Gasteiger partial charge on any atom is -0.478 e. The van der Waals surface area contributed by atoms with Gasteiger partial charge in [0.25, 0.3) is 5.79 Å². The van der Waals surface area contributed by atoms with Crippen molar-refractivity contribution >= 4 is 5.97 Å². The van der Waals surface area contributed by atoms with Crippen molar-refractivity contribution in [1.29, 1.82) is 0 Å². The first-order valence-electron chi connectivity index (χ1n) is 6.85. The highest BCUT2D eigenvalue weighted by Gasteiger charge is 2.37. The molecule has 3 nitrogen and oxygen atoms in total. The van der Waals surface area contributed by atoms with Crippen LogP contribution in [0, 0.1) is 0 Å². The zero-order valence-electron chi connectivity index (χ0n) is 11.6. The maximum absolute atomic E-state index is 14.6. The molecule has 1 unspecified atom stereocenters. The van der Waals surface area contributed by atoms with E-state index in [1.165, 1.54) is 0 Å². The van der Waals surface area contributed by atoms with E-state index in [0.29, 0.717) is 6.42 Å². The van der Waals surface area contributed by atoms with Gasteiger partial charge in [-0.1, -0.05) is 60.7 Å². The minimum absolute atomic E-state index is 0.112. The van der Waals surface area contributed by atoms with E-state index in [0.717, 1.165) is 11.1 Å². The van der Waals surface area contributed by atoms with E-state index in [2.05, 4.69) is 5.32 Å². The summed E-state index contributed by atoms with van der Waals surface area (Å²) in [6, 6.07) is 18.5. The number of hydrogen-bond donors (Lipinski definition) is 2. The normalized spacial score (nSPS) is 13.6. The highest BCUT2D eigenvalue weighted by atomic mass is 19.1. The summed E-state index contributed by atoms with van der Waals surface area (Å²) in [6.07, 6.45) is 0.255. The van der Waals surface area contributed by atoms with Crippen LogP contribution in [0.4, 0.5) is 4.39 Å². The molecule has 110 valence electrons. The maximum Gasteiger partial charge on any atom is 0.356 e. The number of alkyl halides is 1. The first kappa shape index (κ1) is 15.2. The molecule has 4 heteroatoms. The maximum atomic E-state index is 14.6. The van der Waals surface area contributed by atoms with Crippen LogP contribution in [0.2, 0.25) is 0 Å². The lowest BCUT2D eigenvalue weighted by atomic mass is 10.0. The van der Waals surface area contributed by atoms with Crippen molar-refractivity contribution in [1.82, 2.24) is 5.32 Å². The molecule has 0 aliphatic rings. The second-order valence-electron chi connectivity index (χ2n) is 4.93. The Morgan fingerprint density at radius 2 is 1.52 bits per heavy atom. The lowest BCUT2D eigenvalue weighted by Gasteiger charge is -2.22. The van der Waals surface area contributed by atoms with Crippen LogP contribution >= 0.6 is 0 Å². The highest BCUT2D eigenvalue weighted by molar-refractivity contribution is 5.76. The number of hydrogen-bond acceptors (Lipinski definition) is 2. The van der Waals surface area contributed by atoms with Crippen molar-refractivity contribution in [3.05, 3.63) is 71.8 Å². The van der Waals surface area contributed by atoms with E-state index in [9.17, 15) is 9.18 Å². The van der Waals surface area contributed by atoms with Gasteiger partial charge in [0.1, 0.15) is 0 Å². The Bertz CT molecular complexity index is 528. The zero-order chi connectivity index (χ0) is 15.1. The summed E-state index contributed by atoms with van der Waals surface area (Å²) in [7, 11) is 0. The molecule has 2 rings (SSSR count). The molecule has 0 aromatic heterocycles. The van der Waals surface area contributed by atoms with Gasteiger partial charge >= 0.3 is 5.97 Å². The topological polar surface area (TPSA) is 49.3 Å². The zero-order valence-corrected chi connectivity index (χ0v) is 11.6. The fraction of sp³-hybridized carbons (Fsp3) is 0.235. The lowest BCUT2D eigenvalue weighted by Crippen LogP contribution is -2.48. The average Bonchev–Trinajstić information content (AvgIpc) is 2.53. The van der Waals surface area contributed by atoms with E-state index in [1.54, 1.807) is 0 Å².